The molecular formula is C14H25NO2. The Labute approximate surface area is 104 Å². The van der Waals surface area contributed by atoms with Gasteiger partial charge in [0.2, 0.25) is 0 Å². The maximum atomic E-state index is 11.6. The first-order chi connectivity index (χ1) is 8.31. The summed E-state index contributed by atoms with van der Waals surface area (Å²) >= 11 is 0. The quantitative estimate of drug-likeness (QED) is 0.817. The van der Waals surface area contributed by atoms with E-state index < -0.39 is 0 Å². The number of aliphatic hydroxyl groups excluding tert-OH is 1. The molecule has 0 heterocycles. The van der Waals surface area contributed by atoms with Gasteiger partial charge in [-0.1, -0.05) is 19.3 Å². The number of hydrogen-bond acceptors (Lipinski definition) is 3. The van der Waals surface area contributed by atoms with Crippen molar-refractivity contribution >= 4 is 5.78 Å². The Balaban J connectivity index is 1.96. The molecule has 0 amide bonds. The predicted octanol–water partition coefficient (Wildman–Crippen LogP) is 2.13. The molecule has 2 fully saturated rings. The second kappa shape index (κ2) is 6.50. The molecule has 0 aromatic heterocycles. The lowest BCUT2D eigenvalue weighted by Crippen LogP contribution is -2.47. The molecule has 2 aliphatic rings. The molecule has 3 heteroatoms. The highest BCUT2D eigenvalue weighted by molar-refractivity contribution is 5.79. The zero-order valence-electron chi connectivity index (χ0n) is 10.7. The summed E-state index contributed by atoms with van der Waals surface area (Å²) in [5.74, 6) is 0.417. The third-order valence-corrected chi connectivity index (χ3v) is 4.33. The van der Waals surface area contributed by atoms with Crippen LogP contribution in [0.1, 0.15) is 57.8 Å². The van der Waals surface area contributed by atoms with Crippen molar-refractivity contribution in [3.05, 3.63) is 0 Å². The molecule has 1 unspecified atom stereocenters. The molecule has 1 atom stereocenters. The van der Waals surface area contributed by atoms with Gasteiger partial charge in [0.25, 0.3) is 0 Å². The molecule has 3 nitrogen and oxygen atoms in total. The number of ketones is 1. The Kier molecular flexibility index (Phi) is 4.99. The Morgan fingerprint density at radius 3 is 2.41 bits per heavy atom. The number of Topliss-reactive ketones (excluding diaryl/α,β-unsaturated/α-hetero) is 1. The molecule has 2 saturated carbocycles. The van der Waals surface area contributed by atoms with E-state index in [4.69, 9.17) is 0 Å². The van der Waals surface area contributed by atoms with Gasteiger partial charge in [0.1, 0.15) is 5.78 Å². The lowest BCUT2D eigenvalue weighted by atomic mass is 9.88. The molecule has 2 aliphatic carbocycles. The van der Waals surface area contributed by atoms with Crippen molar-refractivity contribution in [1.29, 1.82) is 0 Å². The van der Waals surface area contributed by atoms with Crippen LogP contribution in [0.2, 0.25) is 0 Å². The molecule has 98 valence electrons. The first-order valence-electron chi connectivity index (χ1n) is 7.19. The lowest BCUT2D eigenvalue weighted by Gasteiger charge is -2.41. The fourth-order valence-corrected chi connectivity index (χ4v) is 3.48. The number of aliphatic hydroxyl groups is 1. The SMILES string of the molecule is O=C1CCCC(N(CCO)C2CCCCC2)C1. The van der Waals surface area contributed by atoms with E-state index in [1.165, 1.54) is 32.1 Å². The number of carbonyl (C=O) groups excluding carboxylic acids is 1. The highest BCUT2D eigenvalue weighted by Gasteiger charge is 2.30. The van der Waals surface area contributed by atoms with Crippen LogP contribution in [0.3, 0.4) is 0 Å². The number of rotatable bonds is 4. The van der Waals surface area contributed by atoms with Crippen molar-refractivity contribution in [1.82, 2.24) is 4.90 Å². The summed E-state index contributed by atoms with van der Waals surface area (Å²) in [5, 5.41) is 9.24. The van der Waals surface area contributed by atoms with Gasteiger partial charge >= 0.3 is 0 Å². The highest BCUT2D eigenvalue weighted by Crippen LogP contribution is 2.28. The lowest BCUT2D eigenvalue weighted by molar-refractivity contribution is -0.122. The van der Waals surface area contributed by atoms with E-state index in [2.05, 4.69) is 4.90 Å². The van der Waals surface area contributed by atoms with Gasteiger partial charge < -0.3 is 5.11 Å². The molecule has 0 bridgehead atoms. The van der Waals surface area contributed by atoms with Crippen molar-refractivity contribution in [3.8, 4) is 0 Å². The van der Waals surface area contributed by atoms with Gasteiger partial charge in [0.15, 0.2) is 0 Å². The largest absolute Gasteiger partial charge is 0.395 e. The minimum absolute atomic E-state index is 0.223. The first kappa shape index (κ1) is 13.0. The van der Waals surface area contributed by atoms with Crippen LogP contribution in [0.5, 0.6) is 0 Å². The van der Waals surface area contributed by atoms with Crippen LogP contribution >= 0.6 is 0 Å². The van der Waals surface area contributed by atoms with Gasteiger partial charge in [0.05, 0.1) is 6.61 Å². The van der Waals surface area contributed by atoms with Crippen LogP contribution in [0.25, 0.3) is 0 Å². The molecule has 0 aromatic rings. The highest BCUT2D eigenvalue weighted by atomic mass is 16.3. The molecule has 0 aromatic carbocycles. The summed E-state index contributed by atoms with van der Waals surface area (Å²) in [6, 6.07) is 1.03. The molecule has 0 saturated heterocycles. The Morgan fingerprint density at radius 2 is 1.76 bits per heavy atom. The van der Waals surface area contributed by atoms with Crippen LogP contribution in [-0.2, 0) is 4.79 Å². The number of nitrogens with zero attached hydrogens (tertiary/aromatic N) is 1. The summed E-state index contributed by atoms with van der Waals surface area (Å²) in [6.07, 6.45) is 10.2. The monoisotopic (exact) mass is 239 g/mol. The van der Waals surface area contributed by atoms with Gasteiger partial charge in [-0.2, -0.15) is 0 Å². The smallest absolute Gasteiger partial charge is 0.134 e. The Hall–Kier alpha value is -0.410. The fraction of sp³-hybridized carbons (Fsp3) is 0.929. The third kappa shape index (κ3) is 3.52. The van der Waals surface area contributed by atoms with Crippen LogP contribution in [-0.4, -0.2) is 41.0 Å². The number of carbonyl (C=O) groups is 1. The maximum Gasteiger partial charge on any atom is 0.134 e. The third-order valence-electron chi connectivity index (χ3n) is 4.33. The van der Waals surface area contributed by atoms with E-state index in [1.807, 2.05) is 0 Å². The van der Waals surface area contributed by atoms with Crippen molar-refractivity contribution in [2.75, 3.05) is 13.2 Å². The van der Waals surface area contributed by atoms with E-state index in [9.17, 15) is 9.90 Å². The first-order valence-corrected chi connectivity index (χ1v) is 7.19. The minimum atomic E-state index is 0.223. The van der Waals surface area contributed by atoms with Crippen molar-refractivity contribution < 1.29 is 9.90 Å². The maximum absolute atomic E-state index is 11.6. The van der Waals surface area contributed by atoms with Gasteiger partial charge in [-0.25, -0.2) is 0 Å². The average molecular weight is 239 g/mol. The van der Waals surface area contributed by atoms with Crippen LogP contribution in [0, 0.1) is 0 Å². The second-order valence-electron chi connectivity index (χ2n) is 5.54. The molecule has 2 rings (SSSR count). The minimum Gasteiger partial charge on any atom is -0.395 e. The molecule has 1 N–H and O–H groups in total. The van der Waals surface area contributed by atoms with E-state index in [1.54, 1.807) is 0 Å². The number of hydrogen-bond donors (Lipinski definition) is 1. The molecule has 0 radical (unpaired) electrons. The van der Waals surface area contributed by atoms with Gasteiger partial charge in [-0.05, 0) is 25.7 Å². The van der Waals surface area contributed by atoms with Crippen molar-refractivity contribution in [3.63, 3.8) is 0 Å². The Bertz CT molecular complexity index is 249. The zero-order valence-corrected chi connectivity index (χ0v) is 10.7. The van der Waals surface area contributed by atoms with Crippen LogP contribution in [0.4, 0.5) is 0 Å². The summed E-state index contributed by atoms with van der Waals surface area (Å²) < 4.78 is 0. The summed E-state index contributed by atoms with van der Waals surface area (Å²) in [6.45, 7) is 0.976. The second-order valence-corrected chi connectivity index (χ2v) is 5.54. The molecule has 17 heavy (non-hydrogen) atoms. The standard InChI is InChI=1S/C14H25NO2/c16-10-9-15(12-5-2-1-3-6-12)13-7-4-8-14(17)11-13/h12-13,16H,1-11H2. The Morgan fingerprint density at radius 1 is 1.06 bits per heavy atom. The average Bonchev–Trinajstić information content (AvgIpc) is 2.37. The fourth-order valence-electron chi connectivity index (χ4n) is 3.48. The molecule has 0 spiro atoms. The van der Waals surface area contributed by atoms with Gasteiger partial charge in [-0.3, -0.25) is 9.69 Å². The van der Waals surface area contributed by atoms with E-state index in [0.29, 0.717) is 17.9 Å². The van der Waals surface area contributed by atoms with Gasteiger partial charge in [0, 0.05) is 31.5 Å². The van der Waals surface area contributed by atoms with Gasteiger partial charge in [-0.15, -0.1) is 0 Å². The van der Waals surface area contributed by atoms with E-state index in [0.717, 1.165) is 32.2 Å². The summed E-state index contributed by atoms with van der Waals surface area (Å²) in [4.78, 5) is 14.0. The van der Waals surface area contributed by atoms with E-state index in [-0.39, 0.29) is 6.61 Å². The zero-order chi connectivity index (χ0) is 12.1. The van der Waals surface area contributed by atoms with Crippen molar-refractivity contribution in [2.24, 2.45) is 0 Å². The summed E-state index contributed by atoms with van der Waals surface area (Å²) in [5.41, 5.74) is 0. The van der Waals surface area contributed by atoms with Crippen LogP contribution in [0.15, 0.2) is 0 Å². The van der Waals surface area contributed by atoms with E-state index >= 15 is 0 Å². The van der Waals surface area contributed by atoms with Crippen LogP contribution < -0.4 is 0 Å². The molecular weight excluding hydrogens is 214 g/mol. The van der Waals surface area contributed by atoms with Crippen molar-refractivity contribution in [2.45, 2.75) is 69.9 Å². The topological polar surface area (TPSA) is 40.5 Å². The summed E-state index contributed by atoms with van der Waals surface area (Å²) in [7, 11) is 0. The molecule has 0 aliphatic heterocycles. The normalized spacial score (nSPS) is 27.6. The predicted molar refractivity (Wildman–Crippen MR) is 67.9 cm³/mol.